The van der Waals surface area contributed by atoms with Crippen LogP contribution in [-0.2, 0) is 0 Å². The quantitative estimate of drug-likeness (QED) is 0.234. The molecule has 0 bridgehead atoms. The van der Waals surface area contributed by atoms with Crippen molar-refractivity contribution in [2.24, 2.45) is 0 Å². The zero-order valence-corrected chi connectivity index (χ0v) is 21.3. The molecule has 2 atom stereocenters. The summed E-state index contributed by atoms with van der Waals surface area (Å²) in [7, 11) is 0. The molecule has 2 aliphatic rings. The summed E-state index contributed by atoms with van der Waals surface area (Å²) >= 11 is 0. The van der Waals surface area contributed by atoms with Gasteiger partial charge in [0.2, 0.25) is 0 Å². The highest BCUT2D eigenvalue weighted by Gasteiger charge is 2.20. The Morgan fingerprint density at radius 1 is 0.649 bits per heavy atom. The highest BCUT2D eigenvalue weighted by atomic mass is 35.5. The van der Waals surface area contributed by atoms with E-state index < -0.39 is 0 Å². The van der Waals surface area contributed by atoms with E-state index in [9.17, 15) is 0 Å². The molecule has 188 valence electrons. The number of hydrogen-bond donors (Lipinski definition) is 4. The molecule has 0 radical (unpaired) electrons. The van der Waals surface area contributed by atoms with E-state index >= 15 is 0 Å². The first kappa shape index (κ1) is 23.9. The number of benzene rings is 2. The number of hydrogen-bond acceptors (Lipinski definition) is 5. The Bertz CT molecular complexity index is 1490. The molecule has 0 amide bonds. The van der Waals surface area contributed by atoms with Crippen molar-refractivity contribution in [3.8, 4) is 33.6 Å². The maximum absolute atomic E-state index is 4.79. The summed E-state index contributed by atoms with van der Waals surface area (Å²) in [5.41, 5.74) is 8.55. The van der Waals surface area contributed by atoms with Gasteiger partial charge in [-0.2, -0.15) is 0 Å². The number of pyridine rings is 1. The number of rotatable bonds is 5. The van der Waals surface area contributed by atoms with Gasteiger partial charge in [-0.05, 0) is 68.1 Å². The largest absolute Gasteiger partial charge is 0.341 e. The van der Waals surface area contributed by atoms with Gasteiger partial charge in [0.05, 0.1) is 40.7 Å². The summed E-state index contributed by atoms with van der Waals surface area (Å²) in [4.78, 5) is 21.2. The molecule has 2 aliphatic heterocycles. The van der Waals surface area contributed by atoms with Crippen LogP contribution in [0.5, 0.6) is 0 Å². The van der Waals surface area contributed by atoms with E-state index in [1.54, 1.807) is 0 Å². The first-order chi connectivity index (χ1) is 17.8. The van der Waals surface area contributed by atoms with Crippen molar-refractivity contribution in [1.29, 1.82) is 0 Å². The molecule has 0 aliphatic carbocycles. The van der Waals surface area contributed by atoms with Crippen molar-refractivity contribution in [1.82, 2.24) is 35.6 Å². The lowest BCUT2D eigenvalue weighted by Gasteiger charge is -2.06. The Morgan fingerprint density at radius 2 is 1.35 bits per heavy atom. The minimum atomic E-state index is 0. The van der Waals surface area contributed by atoms with Crippen LogP contribution in [0, 0.1) is 0 Å². The van der Waals surface area contributed by atoms with Crippen LogP contribution in [0.3, 0.4) is 0 Å². The van der Waals surface area contributed by atoms with Gasteiger partial charge in [-0.15, -0.1) is 12.4 Å². The average Bonchev–Trinajstić information content (AvgIpc) is 3.75. The normalized spacial score (nSPS) is 19.4. The maximum Gasteiger partial charge on any atom is 0.124 e. The average molecular weight is 512 g/mol. The molecule has 4 N–H and O–H groups in total. The second-order valence-corrected chi connectivity index (χ2v) is 9.84. The predicted molar refractivity (Wildman–Crippen MR) is 150 cm³/mol. The fourth-order valence-corrected chi connectivity index (χ4v) is 5.43. The standard InChI is InChI=1S/C29H29N7.ClH/c1-3-24(30-13-1)28-33-17-27(36-28)19-7-5-18(6-8-19)22-11-10-21(16-32-22)20-9-12-23-26(15-20)35-29(34-23)25-4-2-14-31-25;/h5-12,15-17,24-25,30-31H,1-4,13-14H2,(H,33,36)(H,34,35);1H/t24-,25-;/m0./s1. The van der Waals surface area contributed by atoms with E-state index in [0.29, 0.717) is 12.1 Å². The summed E-state index contributed by atoms with van der Waals surface area (Å²) < 4.78 is 0. The Labute approximate surface area is 222 Å². The maximum atomic E-state index is 4.79. The molecular formula is C29H30ClN7. The van der Waals surface area contributed by atoms with Crippen LogP contribution in [0.2, 0.25) is 0 Å². The zero-order valence-electron chi connectivity index (χ0n) is 20.5. The van der Waals surface area contributed by atoms with Gasteiger partial charge in [-0.1, -0.05) is 36.4 Å². The number of H-pyrrole nitrogens is 2. The summed E-state index contributed by atoms with van der Waals surface area (Å²) in [6, 6.07) is 19.8. The first-order valence-corrected chi connectivity index (χ1v) is 12.9. The molecule has 7 nitrogen and oxygen atoms in total. The number of nitrogens with one attached hydrogen (secondary N) is 4. The van der Waals surface area contributed by atoms with Gasteiger partial charge in [0.15, 0.2) is 0 Å². The molecule has 3 aromatic heterocycles. The summed E-state index contributed by atoms with van der Waals surface area (Å²) in [5, 5.41) is 7.01. The van der Waals surface area contributed by atoms with Crippen LogP contribution in [0.15, 0.2) is 67.0 Å². The molecule has 5 aromatic rings. The molecule has 5 heterocycles. The molecular weight excluding hydrogens is 482 g/mol. The van der Waals surface area contributed by atoms with Crippen molar-refractivity contribution >= 4 is 23.4 Å². The van der Waals surface area contributed by atoms with Crippen LogP contribution >= 0.6 is 12.4 Å². The van der Waals surface area contributed by atoms with E-state index in [-0.39, 0.29) is 12.4 Å². The highest BCUT2D eigenvalue weighted by molar-refractivity contribution is 5.85. The van der Waals surface area contributed by atoms with Crippen molar-refractivity contribution in [3.05, 3.63) is 78.6 Å². The topological polar surface area (TPSA) is 94.3 Å². The smallest absolute Gasteiger partial charge is 0.124 e. The monoisotopic (exact) mass is 511 g/mol. The van der Waals surface area contributed by atoms with Crippen molar-refractivity contribution < 1.29 is 0 Å². The Hall–Kier alpha value is -3.52. The Morgan fingerprint density at radius 3 is 2.05 bits per heavy atom. The minimum Gasteiger partial charge on any atom is -0.341 e. The van der Waals surface area contributed by atoms with E-state index in [1.807, 2.05) is 12.4 Å². The number of aromatic amines is 2. The number of halogens is 1. The van der Waals surface area contributed by atoms with E-state index in [2.05, 4.69) is 80.2 Å². The van der Waals surface area contributed by atoms with Crippen LogP contribution in [-0.4, -0.2) is 38.0 Å². The molecule has 2 fully saturated rings. The van der Waals surface area contributed by atoms with Crippen molar-refractivity contribution in [2.75, 3.05) is 13.1 Å². The van der Waals surface area contributed by atoms with Crippen LogP contribution in [0.1, 0.15) is 49.4 Å². The zero-order chi connectivity index (χ0) is 23.9. The minimum absolute atomic E-state index is 0. The third-order valence-corrected chi connectivity index (χ3v) is 7.46. The molecule has 0 unspecified atom stereocenters. The van der Waals surface area contributed by atoms with Gasteiger partial charge in [0, 0.05) is 17.3 Å². The van der Waals surface area contributed by atoms with Crippen LogP contribution < -0.4 is 10.6 Å². The number of fused-ring (bicyclic) bond motifs is 1. The van der Waals surface area contributed by atoms with Crippen molar-refractivity contribution in [3.63, 3.8) is 0 Å². The fraction of sp³-hybridized carbons (Fsp3) is 0.276. The first-order valence-electron chi connectivity index (χ1n) is 12.9. The molecule has 0 spiro atoms. The van der Waals surface area contributed by atoms with Gasteiger partial charge in [-0.25, -0.2) is 9.97 Å². The van der Waals surface area contributed by atoms with Gasteiger partial charge < -0.3 is 20.6 Å². The summed E-state index contributed by atoms with van der Waals surface area (Å²) in [6.45, 7) is 2.13. The van der Waals surface area contributed by atoms with Gasteiger partial charge >= 0.3 is 0 Å². The second-order valence-electron chi connectivity index (χ2n) is 9.84. The van der Waals surface area contributed by atoms with Crippen molar-refractivity contribution in [2.45, 2.75) is 37.8 Å². The van der Waals surface area contributed by atoms with Gasteiger partial charge in [0.25, 0.3) is 0 Å². The molecule has 2 saturated heterocycles. The summed E-state index contributed by atoms with van der Waals surface area (Å²) in [5.74, 6) is 2.07. The molecule has 2 aromatic carbocycles. The Kier molecular flexibility index (Phi) is 6.50. The SMILES string of the molecule is Cl.c1cc(-c2ccc(-c3cnc([C@@H]4CCCN4)[nH]3)cc2)ncc1-c1ccc2nc([C@@H]3CCCN3)[nH]c2c1. The third-order valence-electron chi connectivity index (χ3n) is 7.46. The molecule has 7 rings (SSSR count). The third kappa shape index (κ3) is 4.66. The fourth-order valence-electron chi connectivity index (χ4n) is 5.43. The lowest BCUT2D eigenvalue weighted by molar-refractivity contribution is 0.613. The Balaban J connectivity index is 0.00000252. The number of aromatic nitrogens is 5. The second kappa shape index (κ2) is 10.1. The van der Waals surface area contributed by atoms with Crippen LogP contribution in [0.25, 0.3) is 44.7 Å². The molecule has 8 heteroatoms. The molecule has 37 heavy (non-hydrogen) atoms. The highest BCUT2D eigenvalue weighted by Crippen LogP contribution is 2.29. The number of imidazole rings is 2. The summed E-state index contributed by atoms with van der Waals surface area (Å²) in [6.07, 6.45) is 8.58. The molecule has 0 saturated carbocycles. The lowest BCUT2D eigenvalue weighted by atomic mass is 10.0. The van der Waals surface area contributed by atoms with E-state index in [1.165, 1.54) is 12.8 Å². The number of nitrogens with zero attached hydrogens (tertiary/aromatic N) is 3. The van der Waals surface area contributed by atoms with E-state index in [4.69, 9.17) is 9.97 Å². The van der Waals surface area contributed by atoms with E-state index in [0.717, 1.165) is 82.3 Å². The van der Waals surface area contributed by atoms with Gasteiger partial charge in [-0.3, -0.25) is 4.98 Å². The van der Waals surface area contributed by atoms with Crippen LogP contribution in [0.4, 0.5) is 0 Å². The van der Waals surface area contributed by atoms with Gasteiger partial charge in [0.1, 0.15) is 11.6 Å². The lowest BCUT2D eigenvalue weighted by Crippen LogP contribution is -2.14. The predicted octanol–water partition coefficient (Wildman–Crippen LogP) is 5.95.